The number of quaternary nitrogens is 1. The molecule has 0 amide bonds. The van der Waals surface area contributed by atoms with Crippen molar-refractivity contribution in [3.05, 3.63) is 29.1 Å². The number of rotatable bonds is 2. The molecule has 7 heteroatoms. The fraction of sp³-hybridized carbons (Fsp3) is 0.538. The van der Waals surface area contributed by atoms with Crippen molar-refractivity contribution in [3.63, 3.8) is 0 Å². The molecule has 1 aromatic carbocycles. The van der Waals surface area contributed by atoms with Crippen LogP contribution < -0.4 is 9.64 Å². The number of nitrogens with one attached hydrogen (secondary N) is 1. The minimum atomic E-state index is -2.88. The number of sulfone groups is 1. The van der Waals surface area contributed by atoms with Crippen LogP contribution in [0.25, 0.3) is 0 Å². The molecule has 110 valence electrons. The van der Waals surface area contributed by atoms with Crippen LogP contribution in [0.2, 0.25) is 0 Å². The summed E-state index contributed by atoms with van der Waals surface area (Å²) in [5.74, 6) is 0.781. The van der Waals surface area contributed by atoms with E-state index in [4.69, 9.17) is 9.47 Å². The SMILES string of the molecule is O=S1(=O)CC[NH+](Cc2cc(F)cc3c2OCOC3)CC1. The van der Waals surface area contributed by atoms with Crippen LogP contribution in [0.1, 0.15) is 11.1 Å². The molecular formula is C13H17FNO4S+. The van der Waals surface area contributed by atoms with Crippen LogP contribution in [0.3, 0.4) is 0 Å². The molecule has 2 aliphatic heterocycles. The Bertz CT molecular complexity index is 603. The average molecular weight is 302 g/mol. The first-order valence-corrected chi connectivity index (χ1v) is 8.41. The Hall–Kier alpha value is -1.18. The lowest BCUT2D eigenvalue weighted by molar-refractivity contribution is -0.910. The molecule has 0 radical (unpaired) electrons. The zero-order chi connectivity index (χ0) is 14.2. The molecule has 0 aliphatic carbocycles. The van der Waals surface area contributed by atoms with Gasteiger partial charge in [0, 0.05) is 5.56 Å². The van der Waals surface area contributed by atoms with Gasteiger partial charge in [-0.2, -0.15) is 0 Å². The van der Waals surface area contributed by atoms with E-state index in [1.54, 1.807) is 0 Å². The minimum absolute atomic E-state index is 0.176. The lowest BCUT2D eigenvalue weighted by atomic mass is 10.1. The Morgan fingerprint density at radius 3 is 2.75 bits per heavy atom. The van der Waals surface area contributed by atoms with E-state index >= 15 is 0 Å². The van der Waals surface area contributed by atoms with E-state index < -0.39 is 9.84 Å². The van der Waals surface area contributed by atoms with E-state index in [0.29, 0.717) is 32.0 Å². The predicted octanol–water partition coefficient (Wildman–Crippen LogP) is -0.494. The standard InChI is InChI=1S/C13H16FNO4S/c14-12-5-10(13-11(6-12)8-18-9-19-13)7-15-1-3-20(16,17)4-2-15/h5-6H,1-4,7-9H2/p+1. The number of fused-ring (bicyclic) bond motifs is 1. The summed E-state index contributed by atoms with van der Waals surface area (Å²) >= 11 is 0. The molecule has 5 nitrogen and oxygen atoms in total. The molecule has 0 unspecified atom stereocenters. The lowest BCUT2D eigenvalue weighted by Crippen LogP contribution is -3.13. The normalized spacial score (nSPS) is 22.1. The van der Waals surface area contributed by atoms with Crippen molar-refractivity contribution in [3.8, 4) is 5.75 Å². The van der Waals surface area contributed by atoms with E-state index in [-0.39, 0.29) is 24.1 Å². The van der Waals surface area contributed by atoms with E-state index in [1.807, 2.05) is 0 Å². The third-order valence-electron chi connectivity index (χ3n) is 3.73. The van der Waals surface area contributed by atoms with Gasteiger partial charge in [-0.1, -0.05) is 0 Å². The maximum Gasteiger partial charge on any atom is 0.189 e. The predicted molar refractivity (Wildman–Crippen MR) is 69.7 cm³/mol. The third kappa shape index (κ3) is 2.94. The Kier molecular flexibility index (Phi) is 3.66. The molecule has 0 aromatic heterocycles. The van der Waals surface area contributed by atoms with Crippen LogP contribution in [-0.4, -0.2) is 39.8 Å². The summed E-state index contributed by atoms with van der Waals surface area (Å²) in [4.78, 5) is 1.14. The Balaban J connectivity index is 1.79. The van der Waals surface area contributed by atoms with Crippen LogP contribution in [0, 0.1) is 5.82 Å². The van der Waals surface area contributed by atoms with Crippen molar-refractivity contribution in [2.24, 2.45) is 0 Å². The number of halogens is 1. The molecule has 20 heavy (non-hydrogen) atoms. The molecule has 1 saturated heterocycles. The van der Waals surface area contributed by atoms with Crippen LogP contribution in [0.15, 0.2) is 12.1 Å². The van der Waals surface area contributed by atoms with Crippen molar-refractivity contribution < 1.29 is 27.2 Å². The molecule has 2 aliphatic rings. The minimum Gasteiger partial charge on any atom is -0.467 e. The van der Waals surface area contributed by atoms with Gasteiger partial charge in [-0.15, -0.1) is 0 Å². The first kappa shape index (κ1) is 13.8. The lowest BCUT2D eigenvalue weighted by Gasteiger charge is -2.26. The molecule has 1 aromatic rings. The quantitative estimate of drug-likeness (QED) is 0.801. The molecule has 3 rings (SSSR count). The van der Waals surface area contributed by atoms with E-state index in [1.165, 1.54) is 12.1 Å². The van der Waals surface area contributed by atoms with Crippen LogP contribution in [0.5, 0.6) is 5.75 Å². The topological polar surface area (TPSA) is 57.0 Å². The van der Waals surface area contributed by atoms with Gasteiger partial charge < -0.3 is 14.4 Å². The highest BCUT2D eigenvalue weighted by Gasteiger charge is 2.27. The summed E-state index contributed by atoms with van der Waals surface area (Å²) in [5.41, 5.74) is 1.51. The first-order chi connectivity index (χ1) is 9.53. The highest BCUT2D eigenvalue weighted by molar-refractivity contribution is 7.91. The zero-order valence-corrected chi connectivity index (χ0v) is 11.8. The molecule has 1 fully saturated rings. The second kappa shape index (κ2) is 5.31. The van der Waals surface area contributed by atoms with Gasteiger partial charge in [-0.25, -0.2) is 12.8 Å². The maximum absolute atomic E-state index is 13.6. The fourth-order valence-electron chi connectivity index (χ4n) is 2.66. The number of ether oxygens (including phenoxy) is 2. The monoisotopic (exact) mass is 302 g/mol. The Labute approximate surface area is 117 Å². The summed E-state index contributed by atoms with van der Waals surface area (Å²) in [6, 6.07) is 2.90. The second-order valence-electron chi connectivity index (χ2n) is 5.24. The van der Waals surface area contributed by atoms with Gasteiger partial charge in [0.1, 0.15) is 18.1 Å². The zero-order valence-electron chi connectivity index (χ0n) is 11.0. The molecule has 1 N–H and O–H groups in total. The van der Waals surface area contributed by atoms with E-state index in [9.17, 15) is 12.8 Å². The van der Waals surface area contributed by atoms with Crippen LogP contribution in [0.4, 0.5) is 4.39 Å². The van der Waals surface area contributed by atoms with Gasteiger partial charge >= 0.3 is 0 Å². The number of benzene rings is 1. The average Bonchev–Trinajstić information content (AvgIpc) is 2.41. The highest BCUT2D eigenvalue weighted by atomic mass is 32.2. The van der Waals surface area contributed by atoms with E-state index in [0.717, 1.165) is 16.0 Å². The van der Waals surface area contributed by atoms with Crippen molar-refractivity contribution in [2.75, 3.05) is 31.4 Å². The van der Waals surface area contributed by atoms with Gasteiger partial charge in [-0.3, -0.25) is 0 Å². The molecule has 0 atom stereocenters. The van der Waals surface area contributed by atoms with Gasteiger partial charge in [0.15, 0.2) is 16.6 Å². The highest BCUT2D eigenvalue weighted by Crippen LogP contribution is 2.28. The van der Waals surface area contributed by atoms with E-state index in [2.05, 4.69) is 0 Å². The fourth-order valence-corrected chi connectivity index (χ4v) is 4.06. The molecular weight excluding hydrogens is 285 g/mol. The van der Waals surface area contributed by atoms with Crippen molar-refractivity contribution in [1.29, 1.82) is 0 Å². The number of hydrogen-bond acceptors (Lipinski definition) is 4. The van der Waals surface area contributed by atoms with Crippen molar-refractivity contribution in [1.82, 2.24) is 0 Å². The van der Waals surface area contributed by atoms with Crippen LogP contribution >= 0.6 is 0 Å². The summed E-state index contributed by atoms with van der Waals surface area (Å²) < 4.78 is 47.1. The third-order valence-corrected chi connectivity index (χ3v) is 5.38. The Morgan fingerprint density at radius 1 is 1.25 bits per heavy atom. The van der Waals surface area contributed by atoms with Crippen LogP contribution in [-0.2, 0) is 27.7 Å². The van der Waals surface area contributed by atoms with Gasteiger partial charge in [0.25, 0.3) is 0 Å². The Morgan fingerprint density at radius 2 is 2.00 bits per heavy atom. The summed E-state index contributed by atoms with van der Waals surface area (Å²) in [6.45, 7) is 2.23. The summed E-state index contributed by atoms with van der Waals surface area (Å²) in [6.07, 6.45) is 0. The smallest absolute Gasteiger partial charge is 0.189 e. The largest absolute Gasteiger partial charge is 0.467 e. The second-order valence-corrected chi connectivity index (χ2v) is 7.55. The molecule has 0 spiro atoms. The maximum atomic E-state index is 13.6. The number of hydrogen-bond donors (Lipinski definition) is 1. The molecule has 0 saturated carbocycles. The first-order valence-electron chi connectivity index (χ1n) is 6.59. The van der Waals surface area contributed by atoms with Crippen molar-refractivity contribution >= 4 is 9.84 Å². The van der Waals surface area contributed by atoms with Gasteiger partial charge in [-0.05, 0) is 12.1 Å². The summed E-state index contributed by atoms with van der Waals surface area (Å²) in [7, 11) is -2.88. The van der Waals surface area contributed by atoms with Gasteiger partial charge in [0.2, 0.25) is 0 Å². The molecule has 2 heterocycles. The van der Waals surface area contributed by atoms with Crippen molar-refractivity contribution in [2.45, 2.75) is 13.2 Å². The van der Waals surface area contributed by atoms with Gasteiger partial charge in [0.05, 0.1) is 36.8 Å². The molecule has 0 bridgehead atoms. The summed E-state index contributed by atoms with van der Waals surface area (Å²) in [5, 5.41) is 0.